The van der Waals surface area contributed by atoms with E-state index in [4.69, 9.17) is 4.74 Å². The predicted molar refractivity (Wildman–Crippen MR) is 69.1 cm³/mol. The fourth-order valence-electron chi connectivity index (χ4n) is 1.66. The Balaban J connectivity index is 2.00. The molecule has 1 aromatic rings. The maximum atomic E-state index is 12.3. The zero-order valence-electron chi connectivity index (χ0n) is 11.3. The van der Waals surface area contributed by atoms with Crippen molar-refractivity contribution >= 4 is 11.9 Å². The lowest BCUT2D eigenvalue weighted by Crippen LogP contribution is -2.37. The van der Waals surface area contributed by atoms with Crippen molar-refractivity contribution in [1.29, 1.82) is 0 Å². The van der Waals surface area contributed by atoms with Gasteiger partial charge in [0.05, 0.1) is 0 Å². The SMILES string of the molecule is CC(OC(=O)c1ccccc1OC(F)F)C(=O)NC1CC1. The maximum absolute atomic E-state index is 12.3. The molecule has 0 aliphatic heterocycles. The van der Waals surface area contributed by atoms with Crippen molar-refractivity contribution in [3.8, 4) is 5.75 Å². The van der Waals surface area contributed by atoms with Gasteiger partial charge in [-0.1, -0.05) is 12.1 Å². The molecule has 1 aliphatic carbocycles. The molecule has 1 unspecified atom stereocenters. The number of esters is 1. The average molecular weight is 299 g/mol. The molecular formula is C14H15F2NO4. The van der Waals surface area contributed by atoms with Gasteiger partial charge in [0.1, 0.15) is 11.3 Å². The van der Waals surface area contributed by atoms with Gasteiger partial charge >= 0.3 is 12.6 Å². The van der Waals surface area contributed by atoms with Crippen LogP contribution in [-0.4, -0.2) is 30.6 Å². The Morgan fingerprint density at radius 2 is 1.95 bits per heavy atom. The molecule has 2 rings (SSSR count). The fraction of sp³-hybridized carbons (Fsp3) is 0.429. The lowest BCUT2D eigenvalue weighted by atomic mass is 10.2. The molecule has 0 radical (unpaired) electrons. The van der Waals surface area contributed by atoms with Crippen LogP contribution >= 0.6 is 0 Å². The minimum Gasteiger partial charge on any atom is -0.449 e. The van der Waals surface area contributed by atoms with E-state index < -0.39 is 24.6 Å². The molecule has 0 bridgehead atoms. The van der Waals surface area contributed by atoms with E-state index >= 15 is 0 Å². The molecular weight excluding hydrogens is 284 g/mol. The van der Waals surface area contributed by atoms with Crippen LogP contribution in [0.4, 0.5) is 8.78 Å². The minimum absolute atomic E-state index is 0.146. The second-order valence-electron chi connectivity index (χ2n) is 4.71. The molecule has 0 spiro atoms. The first kappa shape index (κ1) is 15.2. The Morgan fingerprint density at radius 1 is 1.29 bits per heavy atom. The third-order valence-electron chi connectivity index (χ3n) is 2.90. The summed E-state index contributed by atoms with van der Waals surface area (Å²) in [6.45, 7) is -1.62. The normalized spacial score (nSPS) is 15.4. The Labute approximate surface area is 120 Å². The van der Waals surface area contributed by atoms with Crippen LogP contribution < -0.4 is 10.1 Å². The van der Waals surface area contributed by atoms with E-state index in [1.165, 1.54) is 31.2 Å². The number of benzene rings is 1. The molecule has 0 heterocycles. The third-order valence-corrected chi connectivity index (χ3v) is 2.90. The summed E-state index contributed by atoms with van der Waals surface area (Å²) in [7, 11) is 0. The molecule has 0 aromatic heterocycles. The van der Waals surface area contributed by atoms with Crippen molar-refractivity contribution < 1.29 is 27.8 Å². The Kier molecular flexibility index (Phi) is 4.72. The number of para-hydroxylation sites is 1. The van der Waals surface area contributed by atoms with Crippen molar-refractivity contribution in [3.63, 3.8) is 0 Å². The number of halogens is 2. The number of amides is 1. The summed E-state index contributed by atoms with van der Waals surface area (Å²) < 4.78 is 33.8. The molecule has 114 valence electrons. The minimum atomic E-state index is -3.05. The van der Waals surface area contributed by atoms with Gasteiger partial charge in [-0.05, 0) is 31.9 Å². The highest BCUT2D eigenvalue weighted by Crippen LogP contribution is 2.22. The van der Waals surface area contributed by atoms with Crippen molar-refractivity contribution in [2.45, 2.75) is 38.5 Å². The molecule has 1 fully saturated rings. The van der Waals surface area contributed by atoms with Crippen molar-refractivity contribution in [2.24, 2.45) is 0 Å². The van der Waals surface area contributed by atoms with Crippen LogP contribution in [0.1, 0.15) is 30.1 Å². The first-order valence-electron chi connectivity index (χ1n) is 6.52. The zero-order chi connectivity index (χ0) is 15.4. The number of carbonyl (C=O) groups is 2. The molecule has 1 aliphatic rings. The quantitative estimate of drug-likeness (QED) is 0.817. The summed E-state index contributed by atoms with van der Waals surface area (Å²) in [5, 5.41) is 2.69. The number of alkyl halides is 2. The molecule has 1 aromatic carbocycles. The Bertz CT molecular complexity index is 531. The van der Waals surface area contributed by atoms with Crippen molar-refractivity contribution in [1.82, 2.24) is 5.32 Å². The molecule has 1 saturated carbocycles. The molecule has 21 heavy (non-hydrogen) atoms. The van der Waals surface area contributed by atoms with E-state index in [0.717, 1.165) is 12.8 Å². The number of nitrogens with one attached hydrogen (secondary N) is 1. The monoisotopic (exact) mass is 299 g/mol. The summed E-state index contributed by atoms with van der Waals surface area (Å²) in [5.74, 6) is -1.57. The first-order chi connectivity index (χ1) is 9.97. The standard InChI is InChI=1S/C14H15F2NO4/c1-8(12(18)17-9-6-7-9)20-13(19)10-4-2-3-5-11(10)21-14(15)16/h2-5,8-9,14H,6-7H2,1H3,(H,17,18). The van der Waals surface area contributed by atoms with E-state index in [1.54, 1.807) is 0 Å². The fourth-order valence-corrected chi connectivity index (χ4v) is 1.66. The van der Waals surface area contributed by atoms with E-state index in [-0.39, 0.29) is 17.4 Å². The van der Waals surface area contributed by atoms with Crippen LogP contribution in [0.25, 0.3) is 0 Å². The van der Waals surface area contributed by atoms with Crippen LogP contribution in [0.2, 0.25) is 0 Å². The van der Waals surface area contributed by atoms with Gasteiger partial charge in [-0.15, -0.1) is 0 Å². The lowest BCUT2D eigenvalue weighted by Gasteiger charge is -2.15. The van der Waals surface area contributed by atoms with Gasteiger partial charge < -0.3 is 14.8 Å². The summed E-state index contributed by atoms with van der Waals surface area (Å²) >= 11 is 0. The molecule has 5 nitrogen and oxygen atoms in total. The summed E-state index contributed by atoms with van der Waals surface area (Å²) in [5.41, 5.74) is -0.149. The van der Waals surface area contributed by atoms with Crippen molar-refractivity contribution in [3.05, 3.63) is 29.8 Å². The van der Waals surface area contributed by atoms with E-state index in [9.17, 15) is 18.4 Å². The topological polar surface area (TPSA) is 64.6 Å². The highest BCUT2D eigenvalue weighted by Gasteiger charge is 2.28. The van der Waals surface area contributed by atoms with Gasteiger partial charge in [0.2, 0.25) is 0 Å². The number of hydrogen-bond acceptors (Lipinski definition) is 4. The van der Waals surface area contributed by atoms with E-state index in [1.807, 2.05) is 0 Å². The molecule has 1 amide bonds. The number of ether oxygens (including phenoxy) is 2. The van der Waals surface area contributed by atoms with Gasteiger partial charge in [-0.2, -0.15) is 8.78 Å². The number of hydrogen-bond donors (Lipinski definition) is 1. The van der Waals surface area contributed by atoms with Gasteiger partial charge in [0.25, 0.3) is 5.91 Å². The third kappa shape index (κ3) is 4.40. The Morgan fingerprint density at radius 3 is 2.57 bits per heavy atom. The van der Waals surface area contributed by atoms with Crippen LogP contribution in [0, 0.1) is 0 Å². The summed E-state index contributed by atoms with van der Waals surface area (Å²) in [6, 6.07) is 5.62. The number of carbonyl (C=O) groups excluding carboxylic acids is 2. The van der Waals surface area contributed by atoms with Crippen molar-refractivity contribution in [2.75, 3.05) is 0 Å². The molecule has 1 N–H and O–H groups in total. The van der Waals surface area contributed by atoms with Crippen LogP contribution in [0.15, 0.2) is 24.3 Å². The maximum Gasteiger partial charge on any atom is 0.387 e. The average Bonchev–Trinajstić information content (AvgIpc) is 3.22. The predicted octanol–water partition coefficient (Wildman–Crippen LogP) is 2.11. The molecule has 1 atom stereocenters. The molecule has 0 saturated heterocycles. The first-order valence-corrected chi connectivity index (χ1v) is 6.52. The van der Waals surface area contributed by atoms with Gasteiger partial charge in [0.15, 0.2) is 6.10 Å². The van der Waals surface area contributed by atoms with Gasteiger partial charge in [-0.3, -0.25) is 4.79 Å². The summed E-state index contributed by atoms with van der Waals surface area (Å²) in [4.78, 5) is 23.6. The second kappa shape index (κ2) is 6.51. The number of rotatable bonds is 6. The lowest BCUT2D eigenvalue weighted by molar-refractivity contribution is -0.129. The highest BCUT2D eigenvalue weighted by atomic mass is 19.3. The summed E-state index contributed by atoms with van der Waals surface area (Å²) in [6.07, 6.45) is 0.826. The zero-order valence-corrected chi connectivity index (χ0v) is 11.3. The van der Waals surface area contributed by atoms with Gasteiger partial charge in [-0.25, -0.2) is 4.79 Å². The van der Waals surface area contributed by atoms with E-state index in [2.05, 4.69) is 10.1 Å². The van der Waals surface area contributed by atoms with Crippen LogP contribution in [-0.2, 0) is 9.53 Å². The van der Waals surface area contributed by atoms with E-state index in [0.29, 0.717) is 0 Å². The molecule has 7 heteroatoms. The highest BCUT2D eigenvalue weighted by molar-refractivity contribution is 5.94. The smallest absolute Gasteiger partial charge is 0.387 e. The Hall–Kier alpha value is -2.18. The second-order valence-corrected chi connectivity index (χ2v) is 4.71. The van der Waals surface area contributed by atoms with Crippen LogP contribution in [0.5, 0.6) is 5.75 Å². The van der Waals surface area contributed by atoms with Crippen LogP contribution in [0.3, 0.4) is 0 Å². The largest absolute Gasteiger partial charge is 0.449 e. The van der Waals surface area contributed by atoms with Gasteiger partial charge in [0, 0.05) is 6.04 Å².